The van der Waals surface area contributed by atoms with Crippen molar-refractivity contribution in [2.75, 3.05) is 32.8 Å². The summed E-state index contributed by atoms with van der Waals surface area (Å²) in [5.74, 6) is 0.229. The van der Waals surface area contributed by atoms with E-state index in [0.717, 1.165) is 24.4 Å². The van der Waals surface area contributed by atoms with Gasteiger partial charge >= 0.3 is 12.2 Å². The lowest BCUT2D eigenvalue weighted by molar-refractivity contribution is -0.123. The third-order valence-corrected chi connectivity index (χ3v) is 9.37. The largest absolute Gasteiger partial charge is 0.450 e. The minimum Gasteiger partial charge on any atom is -0.450 e. The quantitative estimate of drug-likeness (QED) is 0.330. The van der Waals surface area contributed by atoms with Crippen molar-refractivity contribution >= 4 is 26.2 Å². The number of nitrogens with one attached hydrogen (secondary N) is 1. The molecule has 1 saturated carbocycles. The predicted molar refractivity (Wildman–Crippen MR) is 161 cm³/mol. The molecule has 1 aliphatic heterocycles. The molecule has 1 unspecified atom stereocenters. The van der Waals surface area contributed by atoms with E-state index in [-0.39, 0.29) is 41.9 Å². The van der Waals surface area contributed by atoms with Gasteiger partial charge in [0.05, 0.1) is 12.5 Å². The van der Waals surface area contributed by atoms with Gasteiger partial charge in [-0.1, -0.05) is 50.0 Å². The van der Waals surface area contributed by atoms with E-state index < -0.39 is 13.7 Å². The number of ether oxygens (including phenoxy) is 2. The lowest BCUT2D eigenvalue weighted by Crippen LogP contribution is -2.44. The van der Waals surface area contributed by atoms with Crippen molar-refractivity contribution in [3.63, 3.8) is 0 Å². The SMILES string of the molecule is CC(C)N(C[C@@H]1CN(C(=O)OC(C)(C)C)C[C@H]1CNC(=O)C(c1ccccc1)C1CC1)C(=O)OCC[Si](C)(C)C. The molecule has 3 amide bonds. The Hall–Kier alpha value is -2.55. The molecule has 1 saturated heterocycles. The molecule has 1 heterocycles. The number of likely N-dealkylation sites (tertiary alicyclic amines) is 1. The maximum atomic E-state index is 13.4. The van der Waals surface area contributed by atoms with Crippen molar-refractivity contribution in [2.45, 2.75) is 90.7 Å². The number of amides is 3. The van der Waals surface area contributed by atoms with Crippen molar-refractivity contribution in [1.82, 2.24) is 15.1 Å². The molecule has 0 bridgehead atoms. The summed E-state index contributed by atoms with van der Waals surface area (Å²) < 4.78 is 11.3. The Labute approximate surface area is 242 Å². The van der Waals surface area contributed by atoms with Crippen LogP contribution in [0.5, 0.6) is 0 Å². The van der Waals surface area contributed by atoms with Gasteiger partial charge in [0.2, 0.25) is 5.91 Å². The van der Waals surface area contributed by atoms with Gasteiger partial charge in [0.15, 0.2) is 0 Å². The second-order valence-electron chi connectivity index (χ2n) is 14.0. The molecule has 40 heavy (non-hydrogen) atoms. The highest BCUT2D eigenvalue weighted by molar-refractivity contribution is 6.76. The van der Waals surface area contributed by atoms with E-state index in [1.54, 1.807) is 9.80 Å². The second-order valence-corrected chi connectivity index (χ2v) is 19.7. The normalized spacial score (nSPS) is 20.3. The van der Waals surface area contributed by atoms with Crippen LogP contribution in [0.2, 0.25) is 25.7 Å². The Morgan fingerprint density at radius 1 is 1.05 bits per heavy atom. The molecule has 9 heteroatoms. The monoisotopic (exact) mass is 573 g/mol. The lowest BCUT2D eigenvalue weighted by Gasteiger charge is -2.31. The summed E-state index contributed by atoms with van der Waals surface area (Å²) >= 11 is 0. The number of carbonyl (C=O) groups is 3. The van der Waals surface area contributed by atoms with Gasteiger partial charge in [-0.2, -0.15) is 0 Å². The molecule has 0 spiro atoms. The van der Waals surface area contributed by atoms with Gasteiger partial charge in [-0.15, -0.1) is 0 Å². The van der Waals surface area contributed by atoms with Crippen molar-refractivity contribution in [3.05, 3.63) is 35.9 Å². The average Bonchev–Trinajstić information content (AvgIpc) is 3.58. The fraction of sp³-hybridized carbons (Fsp3) is 0.710. The average molecular weight is 574 g/mol. The van der Waals surface area contributed by atoms with E-state index in [2.05, 4.69) is 25.0 Å². The first-order valence-corrected chi connectivity index (χ1v) is 18.6. The molecule has 1 aromatic carbocycles. The minimum absolute atomic E-state index is 0.0110. The Morgan fingerprint density at radius 2 is 1.68 bits per heavy atom. The Balaban J connectivity index is 1.71. The summed E-state index contributed by atoms with van der Waals surface area (Å²) in [5.41, 5.74) is 0.448. The highest BCUT2D eigenvalue weighted by Crippen LogP contribution is 2.42. The molecule has 2 aliphatic rings. The van der Waals surface area contributed by atoms with E-state index in [1.165, 1.54) is 0 Å². The third kappa shape index (κ3) is 9.82. The van der Waals surface area contributed by atoms with Crippen LogP contribution in [-0.2, 0) is 14.3 Å². The zero-order chi connectivity index (χ0) is 29.7. The fourth-order valence-corrected chi connectivity index (χ4v) is 5.91. The van der Waals surface area contributed by atoms with E-state index >= 15 is 0 Å². The van der Waals surface area contributed by atoms with Crippen LogP contribution < -0.4 is 5.32 Å². The topological polar surface area (TPSA) is 88.2 Å². The summed E-state index contributed by atoms with van der Waals surface area (Å²) in [6, 6.07) is 10.8. The fourth-order valence-electron chi connectivity index (χ4n) is 5.20. The number of hydrogen-bond acceptors (Lipinski definition) is 5. The number of carbonyl (C=O) groups excluding carboxylic acids is 3. The zero-order valence-corrected chi connectivity index (χ0v) is 26.9. The van der Waals surface area contributed by atoms with E-state index in [9.17, 15) is 14.4 Å². The van der Waals surface area contributed by atoms with Crippen molar-refractivity contribution < 1.29 is 23.9 Å². The van der Waals surface area contributed by atoms with Crippen LogP contribution in [0.3, 0.4) is 0 Å². The summed E-state index contributed by atoms with van der Waals surface area (Å²) in [6.45, 7) is 18.6. The van der Waals surface area contributed by atoms with Crippen LogP contribution in [0, 0.1) is 17.8 Å². The molecule has 2 fully saturated rings. The van der Waals surface area contributed by atoms with E-state index in [4.69, 9.17) is 9.47 Å². The van der Waals surface area contributed by atoms with Crippen LogP contribution in [0.25, 0.3) is 0 Å². The molecule has 0 aromatic heterocycles. The summed E-state index contributed by atoms with van der Waals surface area (Å²) in [7, 11) is -1.33. The Kier molecular flexibility index (Phi) is 10.7. The molecule has 3 atom stereocenters. The maximum Gasteiger partial charge on any atom is 0.410 e. The molecule has 8 nitrogen and oxygen atoms in total. The van der Waals surface area contributed by atoms with Crippen molar-refractivity contribution in [2.24, 2.45) is 17.8 Å². The number of nitrogens with zero attached hydrogens (tertiary/aromatic N) is 2. The first-order valence-electron chi connectivity index (χ1n) is 14.9. The molecular weight excluding hydrogens is 522 g/mol. The molecule has 224 valence electrons. The highest BCUT2D eigenvalue weighted by atomic mass is 28.3. The number of rotatable bonds is 11. The standard InChI is InChI=1S/C31H51N3O5Si/c1-22(2)34(30(37)38-16-17-40(6,7)8)21-26-20-33(29(36)39-31(3,4)5)19-25(26)18-32-28(35)27(24-14-15-24)23-12-10-9-11-13-23/h9-13,22,24-27H,14-21H2,1-8H3,(H,32,35)/t25-,26+,27?/m1/s1. The van der Waals surface area contributed by atoms with Crippen LogP contribution in [0.4, 0.5) is 9.59 Å². The van der Waals surface area contributed by atoms with Crippen LogP contribution in [0.1, 0.15) is 58.9 Å². The summed E-state index contributed by atoms with van der Waals surface area (Å²) in [5, 5.41) is 3.22. The van der Waals surface area contributed by atoms with Gasteiger partial charge in [0.25, 0.3) is 0 Å². The lowest BCUT2D eigenvalue weighted by atomic mass is 9.92. The Bertz CT molecular complexity index is 1000. The summed E-state index contributed by atoms with van der Waals surface area (Å²) in [4.78, 5) is 43.0. The Morgan fingerprint density at radius 3 is 2.23 bits per heavy atom. The van der Waals surface area contributed by atoms with Crippen molar-refractivity contribution in [1.29, 1.82) is 0 Å². The summed E-state index contributed by atoms with van der Waals surface area (Å²) in [6.07, 6.45) is 1.45. The molecule has 1 aromatic rings. The van der Waals surface area contributed by atoms with Gasteiger partial charge in [-0.05, 0) is 65.0 Å². The van der Waals surface area contributed by atoms with Crippen LogP contribution in [0.15, 0.2) is 30.3 Å². The van der Waals surface area contributed by atoms with Gasteiger partial charge in [0, 0.05) is 52.1 Å². The first-order chi connectivity index (χ1) is 18.6. The van der Waals surface area contributed by atoms with Crippen LogP contribution in [-0.4, -0.2) is 80.4 Å². The molecule has 1 N–H and O–H groups in total. The van der Waals surface area contributed by atoms with Gasteiger partial charge < -0.3 is 24.6 Å². The van der Waals surface area contributed by atoms with E-state index in [0.29, 0.717) is 38.7 Å². The minimum atomic E-state index is -1.33. The number of benzene rings is 1. The van der Waals surface area contributed by atoms with Gasteiger partial charge in [-0.3, -0.25) is 4.79 Å². The predicted octanol–water partition coefficient (Wildman–Crippen LogP) is 5.96. The molecule has 0 radical (unpaired) electrons. The molecular formula is C31H51N3O5Si. The first kappa shape index (κ1) is 32.0. The molecule has 1 aliphatic carbocycles. The van der Waals surface area contributed by atoms with Gasteiger partial charge in [0.1, 0.15) is 5.60 Å². The number of hydrogen-bond donors (Lipinski definition) is 1. The van der Waals surface area contributed by atoms with Crippen molar-refractivity contribution in [3.8, 4) is 0 Å². The van der Waals surface area contributed by atoms with E-state index in [1.807, 2.05) is 65.0 Å². The van der Waals surface area contributed by atoms with Crippen LogP contribution >= 0.6 is 0 Å². The molecule has 3 rings (SSSR count). The third-order valence-electron chi connectivity index (χ3n) is 7.67. The second kappa shape index (κ2) is 13.4. The van der Waals surface area contributed by atoms with Gasteiger partial charge in [-0.25, -0.2) is 9.59 Å². The zero-order valence-electron chi connectivity index (χ0n) is 25.9. The smallest absolute Gasteiger partial charge is 0.410 e. The maximum absolute atomic E-state index is 13.4. The highest BCUT2D eigenvalue weighted by Gasteiger charge is 2.41.